The van der Waals surface area contributed by atoms with Crippen LogP contribution in [0.15, 0.2) is 48.5 Å². The van der Waals surface area contributed by atoms with Crippen molar-refractivity contribution < 1.29 is 9.47 Å². The van der Waals surface area contributed by atoms with Crippen molar-refractivity contribution in [3.63, 3.8) is 0 Å². The lowest BCUT2D eigenvalue weighted by Gasteiger charge is -2.00. The molecule has 3 nitrogen and oxygen atoms in total. The summed E-state index contributed by atoms with van der Waals surface area (Å²) in [7, 11) is 1.66. The van der Waals surface area contributed by atoms with Crippen molar-refractivity contribution in [1.29, 1.82) is 0 Å². The zero-order valence-electron chi connectivity index (χ0n) is 11.1. The van der Waals surface area contributed by atoms with E-state index in [1.54, 1.807) is 7.11 Å². The second-order valence-corrected chi connectivity index (χ2v) is 4.32. The minimum atomic E-state index is 0.701. The second kappa shape index (κ2) is 6.81. The highest BCUT2D eigenvalue weighted by molar-refractivity contribution is 5.32. The Bertz CT molecular complexity index is 489. The summed E-state index contributed by atoms with van der Waals surface area (Å²) in [5.74, 6) is 1.90. The maximum absolute atomic E-state index is 5.40. The van der Waals surface area contributed by atoms with Crippen molar-refractivity contribution in [2.45, 2.75) is 13.0 Å². The summed E-state index contributed by atoms with van der Waals surface area (Å²) in [5.41, 5.74) is 7.94. The van der Waals surface area contributed by atoms with E-state index in [1.165, 1.54) is 11.1 Å². The van der Waals surface area contributed by atoms with E-state index in [0.29, 0.717) is 6.54 Å². The summed E-state index contributed by atoms with van der Waals surface area (Å²) >= 11 is 0. The molecule has 0 saturated heterocycles. The molecule has 19 heavy (non-hydrogen) atoms. The fourth-order valence-electron chi connectivity index (χ4n) is 1.85. The lowest BCUT2D eigenvalue weighted by molar-refractivity contribution is 0.328. The molecular weight excluding hydrogens is 238 g/mol. The Morgan fingerprint density at radius 1 is 1.16 bits per heavy atom. The maximum atomic E-state index is 5.40. The lowest BCUT2D eigenvalue weighted by Crippen LogP contribution is -2.02. The Hall–Kier alpha value is -2.00. The van der Waals surface area contributed by atoms with E-state index in [-0.39, 0.29) is 0 Å². The minimum absolute atomic E-state index is 0.701. The van der Waals surface area contributed by atoms with E-state index < -0.39 is 0 Å². The zero-order valence-corrected chi connectivity index (χ0v) is 11.1. The van der Waals surface area contributed by atoms with Crippen molar-refractivity contribution in [3.05, 3.63) is 59.7 Å². The molecule has 1 aliphatic rings. The minimum Gasteiger partial charge on any atom is -0.497 e. The molecule has 2 aromatic carbocycles. The van der Waals surface area contributed by atoms with Crippen LogP contribution in [0.3, 0.4) is 0 Å². The Morgan fingerprint density at radius 3 is 2.53 bits per heavy atom. The molecule has 0 fully saturated rings. The van der Waals surface area contributed by atoms with Gasteiger partial charge in [-0.3, -0.25) is 0 Å². The number of fused-ring (bicyclic) bond motifs is 2. The normalized spacial score (nSPS) is 11.3. The summed E-state index contributed by atoms with van der Waals surface area (Å²) in [6.07, 6.45) is 0.935. The molecule has 0 spiro atoms. The molecule has 0 atom stereocenters. The Balaban J connectivity index is 0.000000146. The van der Waals surface area contributed by atoms with Gasteiger partial charge in [0, 0.05) is 0 Å². The molecule has 2 N–H and O–H groups in total. The molecule has 0 amide bonds. The van der Waals surface area contributed by atoms with Crippen LogP contribution in [-0.2, 0) is 13.0 Å². The number of benzene rings is 2. The van der Waals surface area contributed by atoms with Gasteiger partial charge in [-0.15, -0.1) is 0 Å². The SMILES string of the molecule is COc1ccc(CCN)cc1.c1cc2cc(c1)OC2. The maximum Gasteiger partial charge on any atom is 0.120 e. The molecule has 0 radical (unpaired) electrons. The van der Waals surface area contributed by atoms with Crippen molar-refractivity contribution in [3.8, 4) is 11.5 Å². The van der Waals surface area contributed by atoms with Crippen LogP contribution in [0.25, 0.3) is 0 Å². The molecule has 2 aromatic rings. The average molecular weight is 257 g/mol. The molecule has 0 unspecified atom stereocenters. The first kappa shape index (κ1) is 13.4. The average Bonchev–Trinajstić information content (AvgIpc) is 2.79. The number of ether oxygens (including phenoxy) is 2. The van der Waals surface area contributed by atoms with Crippen LogP contribution in [0.5, 0.6) is 11.5 Å². The van der Waals surface area contributed by atoms with Crippen LogP contribution in [0.2, 0.25) is 0 Å². The third kappa shape index (κ3) is 4.00. The van der Waals surface area contributed by atoms with E-state index in [1.807, 2.05) is 36.4 Å². The van der Waals surface area contributed by atoms with Gasteiger partial charge in [-0.1, -0.05) is 24.3 Å². The van der Waals surface area contributed by atoms with E-state index in [4.69, 9.17) is 15.2 Å². The fourth-order valence-corrected chi connectivity index (χ4v) is 1.85. The summed E-state index contributed by atoms with van der Waals surface area (Å²) in [6.45, 7) is 1.47. The monoisotopic (exact) mass is 257 g/mol. The summed E-state index contributed by atoms with van der Waals surface area (Å²) in [5, 5.41) is 0. The van der Waals surface area contributed by atoms with Gasteiger partial charge >= 0.3 is 0 Å². The van der Waals surface area contributed by atoms with Gasteiger partial charge in [-0.05, 0) is 48.4 Å². The molecular formula is C16H19NO2. The predicted molar refractivity (Wildman–Crippen MR) is 76.5 cm³/mol. The van der Waals surface area contributed by atoms with Crippen molar-refractivity contribution in [1.82, 2.24) is 0 Å². The third-order valence-corrected chi connectivity index (χ3v) is 2.90. The smallest absolute Gasteiger partial charge is 0.120 e. The van der Waals surface area contributed by atoms with Gasteiger partial charge in [-0.2, -0.15) is 0 Å². The van der Waals surface area contributed by atoms with Crippen molar-refractivity contribution in [2.24, 2.45) is 5.73 Å². The van der Waals surface area contributed by atoms with Crippen LogP contribution in [0, 0.1) is 0 Å². The van der Waals surface area contributed by atoms with Crippen LogP contribution in [0.4, 0.5) is 0 Å². The Kier molecular flexibility index (Phi) is 4.81. The van der Waals surface area contributed by atoms with Gasteiger partial charge in [-0.25, -0.2) is 0 Å². The van der Waals surface area contributed by atoms with Gasteiger partial charge in [0.15, 0.2) is 0 Å². The van der Waals surface area contributed by atoms with E-state index in [0.717, 1.165) is 24.5 Å². The molecule has 100 valence electrons. The van der Waals surface area contributed by atoms with Crippen LogP contribution in [0.1, 0.15) is 11.1 Å². The largest absolute Gasteiger partial charge is 0.497 e. The molecule has 2 bridgehead atoms. The Morgan fingerprint density at radius 2 is 1.95 bits per heavy atom. The van der Waals surface area contributed by atoms with Gasteiger partial charge in [0.25, 0.3) is 0 Å². The fraction of sp³-hybridized carbons (Fsp3) is 0.250. The number of nitrogens with two attached hydrogens (primary N) is 1. The van der Waals surface area contributed by atoms with Gasteiger partial charge in [0.1, 0.15) is 18.1 Å². The van der Waals surface area contributed by atoms with Crippen LogP contribution in [-0.4, -0.2) is 13.7 Å². The molecule has 1 heterocycles. The quantitative estimate of drug-likeness (QED) is 0.919. The van der Waals surface area contributed by atoms with Gasteiger partial charge < -0.3 is 15.2 Å². The molecule has 3 rings (SSSR count). The number of hydrogen-bond donors (Lipinski definition) is 1. The summed E-state index contributed by atoms with van der Waals surface area (Å²) < 4.78 is 10.2. The molecule has 0 saturated carbocycles. The molecule has 3 heteroatoms. The second-order valence-electron chi connectivity index (χ2n) is 4.32. The highest BCUT2D eigenvalue weighted by Gasteiger charge is 2.03. The molecule has 0 aromatic heterocycles. The predicted octanol–water partition coefficient (Wildman–Crippen LogP) is 2.78. The first-order valence-electron chi connectivity index (χ1n) is 6.36. The van der Waals surface area contributed by atoms with Crippen LogP contribution >= 0.6 is 0 Å². The Labute approximate surface area is 114 Å². The molecule has 1 aliphatic heterocycles. The highest BCUT2D eigenvalue weighted by atomic mass is 16.5. The van der Waals surface area contributed by atoms with Gasteiger partial charge in [0.05, 0.1) is 7.11 Å². The van der Waals surface area contributed by atoms with Crippen LogP contribution < -0.4 is 15.2 Å². The number of hydrogen-bond acceptors (Lipinski definition) is 3. The lowest BCUT2D eigenvalue weighted by atomic mass is 10.1. The van der Waals surface area contributed by atoms with E-state index in [2.05, 4.69) is 12.1 Å². The van der Waals surface area contributed by atoms with Crippen molar-refractivity contribution >= 4 is 0 Å². The third-order valence-electron chi connectivity index (χ3n) is 2.90. The molecule has 0 aliphatic carbocycles. The first-order chi connectivity index (χ1) is 9.31. The zero-order chi connectivity index (χ0) is 13.5. The number of rotatable bonds is 3. The first-order valence-corrected chi connectivity index (χ1v) is 6.36. The van der Waals surface area contributed by atoms with E-state index >= 15 is 0 Å². The van der Waals surface area contributed by atoms with Crippen molar-refractivity contribution in [2.75, 3.05) is 13.7 Å². The summed E-state index contributed by atoms with van der Waals surface area (Å²) in [4.78, 5) is 0. The van der Waals surface area contributed by atoms with E-state index in [9.17, 15) is 0 Å². The van der Waals surface area contributed by atoms with Gasteiger partial charge in [0.2, 0.25) is 0 Å². The number of methoxy groups -OCH3 is 1. The topological polar surface area (TPSA) is 44.5 Å². The summed E-state index contributed by atoms with van der Waals surface area (Å²) in [6, 6.07) is 16.1. The standard InChI is InChI=1S/C9H13NO.C7H6O/c1-11-9-4-2-8(3-5-9)6-7-10;1-2-6-4-7(3-1)8-5-6/h2-5H,6-7,10H2,1H3;1-4H,5H2. The highest BCUT2D eigenvalue weighted by Crippen LogP contribution is 2.20.